The van der Waals surface area contributed by atoms with Crippen LogP contribution in [0.2, 0.25) is 5.02 Å². The SMILES string of the molecule is C[C@H](CN)n1ccc2cc(Cl)c(F)c(F)c21. The summed E-state index contributed by atoms with van der Waals surface area (Å²) in [6.45, 7) is 2.19. The average Bonchev–Trinajstić information content (AvgIpc) is 2.68. The molecule has 2 aromatic rings. The summed E-state index contributed by atoms with van der Waals surface area (Å²) < 4.78 is 28.7. The van der Waals surface area contributed by atoms with Crippen molar-refractivity contribution >= 4 is 22.5 Å². The number of fused-ring (bicyclic) bond motifs is 1. The Morgan fingerprint density at radius 1 is 1.44 bits per heavy atom. The van der Waals surface area contributed by atoms with Gasteiger partial charge in [-0.2, -0.15) is 0 Å². The molecule has 0 fully saturated rings. The number of hydrogen-bond donors (Lipinski definition) is 1. The molecule has 0 amide bonds. The highest BCUT2D eigenvalue weighted by Crippen LogP contribution is 2.29. The van der Waals surface area contributed by atoms with Crippen molar-refractivity contribution in [2.75, 3.05) is 6.54 Å². The maximum atomic E-state index is 13.7. The molecular weight excluding hydrogens is 234 g/mol. The van der Waals surface area contributed by atoms with Crippen LogP contribution in [0.15, 0.2) is 18.3 Å². The summed E-state index contributed by atoms with van der Waals surface area (Å²) in [5, 5.41) is 0.368. The molecule has 1 atom stereocenters. The minimum atomic E-state index is -1.02. The lowest BCUT2D eigenvalue weighted by atomic mass is 10.2. The molecule has 0 spiro atoms. The van der Waals surface area contributed by atoms with Crippen molar-refractivity contribution in [3.8, 4) is 0 Å². The Balaban J connectivity index is 2.76. The Labute approximate surface area is 96.6 Å². The Morgan fingerprint density at radius 2 is 2.12 bits per heavy atom. The minimum absolute atomic E-state index is 0.0902. The van der Waals surface area contributed by atoms with Crippen LogP contribution in [0.25, 0.3) is 10.9 Å². The number of hydrogen-bond acceptors (Lipinski definition) is 1. The molecule has 0 saturated heterocycles. The van der Waals surface area contributed by atoms with Crippen LogP contribution in [0.1, 0.15) is 13.0 Å². The van der Waals surface area contributed by atoms with Gasteiger partial charge in [-0.1, -0.05) is 11.6 Å². The fourth-order valence-corrected chi connectivity index (χ4v) is 1.91. The smallest absolute Gasteiger partial charge is 0.184 e. The van der Waals surface area contributed by atoms with Crippen molar-refractivity contribution in [2.45, 2.75) is 13.0 Å². The summed E-state index contributed by atoms with van der Waals surface area (Å²) in [5.74, 6) is -1.94. The maximum absolute atomic E-state index is 13.7. The van der Waals surface area contributed by atoms with E-state index in [-0.39, 0.29) is 16.6 Å². The predicted octanol–water partition coefficient (Wildman–Crippen LogP) is 3.09. The van der Waals surface area contributed by atoms with E-state index in [4.69, 9.17) is 17.3 Å². The zero-order valence-electron chi connectivity index (χ0n) is 8.67. The van der Waals surface area contributed by atoms with E-state index in [0.29, 0.717) is 11.9 Å². The number of aromatic nitrogens is 1. The zero-order valence-corrected chi connectivity index (χ0v) is 9.43. The van der Waals surface area contributed by atoms with Crippen LogP contribution in [0.5, 0.6) is 0 Å². The molecule has 16 heavy (non-hydrogen) atoms. The van der Waals surface area contributed by atoms with Gasteiger partial charge in [-0.05, 0) is 19.1 Å². The molecule has 2 rings (SSSR count). The number of halogens is 3. The molecule has 1 heterocycles. The van der Waals surface area contributed by atoms with Crippen LogP contribution >= 0.6 is 11.6 Å². The van der Waals surface area contributed by atoms with E-state index in [0.717, 1.165) is 0 Å². The Morgan fingerprint density at radius 3 is 2.75 bits per heavy atom. The lowest BCUT2D eigenvalue weighted by molar-refractivity contribution is 0.503. The van der Waals surface area contributed by atoms with Gasteiger partial charge in [-0.25, -0.2) is 8.78 Å². The second kappa shape index (κ2) is 4.03. The average molecular weight is 245 g/mol. The fraction of sp³-hybridized carbons (Fsp3) is 0.273. The predicted molar refractivity (Wildman–Crippen MR) is 60.6 cm³/mol. The summed E-state index contributed by atoms with van der Waals surface area (Å²) in [5.41, 5.74) is 5.72. The normalized spacial score (nSPS) is 13.3. The summed E-state index contributed by atoms with van der Waals surface area (Å²) in [7, 11) is 0. The monoisotopic (exact) mass is 244 g/mol. The van der Waals surface area contributed by atoms with Gasteiger partial charge in [0.25, 0.3) is 0 Å². The van der Waals surface area contributed by atoms with Crippen LogP contribution in [0, 0.1) is 11.6 Å². The summed E-state index contributed by atoms with van der Waals surface area (Å²) in [6.07, 6.45) is 1.68. The van der Waals surface area contributed by atoms with Gasteiger partial charge in [0, 0.05) is 24.2 Å². The third-order valence-electron chi connectivity index (χ3n) is 2.65. The lowest BCUT2D eigenvalue weighted by Gasteiger charge is -2.13. The van der Waals surface area contributed by atoms with Crippen molar-refractivity contribution in [2.24, 2.45) is 5.73 Å². The molecule has 86 valence electrons. The summed E-state index contributed by atoms with van der Waals surface area (Å²) in [6, 6.07) is 3.01. The van der Waals surface area contributed by atoms with Crippen LogP contribution in [-0.4, -0.2) is 11.1 Å². The largest absolute Gasteiger partial charge is 0.341 e. The summed E-state index contributed by atoms with van der Waals surface area (Å²) >= 11 is 5.57. The molecule has 0 aliphatic heterocycles. The number of benzene rings is 1. The highest BCUT2D eigenvalue weighted by molar-refractivity contribution is 6.31. The Kier molecular flexibility index (Phi) is 2.86. The highest BCUT2D eigenvalue weighted by atomic mass is 35.5. The molecule has 2 nitrogen and oxygen atoms in total. The molecule has 0 radical (unpaired) electrons. The second-order valence-corrected chi connectivity index (χ2v) is 4.14. The van der Waals surface area contributed by atoms with Crippen molar-refractivity contribution < 1.29 is 8.78 Å². The van der Waals surface area contributed by atoms with Gasteiger partial charge in [-0.15, -0.1) is 0 Å². The van der Waals surface area contributed by atoms with Crippen molar-refractivity contribution in [3.63, 3.8) is 0 Å². The molecule has 0 aliphatic rings. The topological polar surface area (TPSA) is 30.9 Å². The fourth-order valence-electron chi connectivity index (χ4n) is 1.71. The number of nitrogens with zero attached hydrogens (tertiary/aromatic N) is 1. The van der Waals surface area contributed by atoms with E-state index < -0.39 is 11.6 Å². The van der Waals surface area contributed by atoms with Gasteiger partial charge < -0.3 is 10.3 Å². The second-order valence-electron chi connectivity index (χ2n) is 3.73. The lowest BCUT2D eigenvalue weighted by Crippen LogP contribution is -2.15. The van der Waals surface area contributed by atoms with E-state index in [9.17, 15) is 8.78 Å². The standard InChI is InChI=1S/C11H11ClF2N2/c1-6(5-15)16-3-2-7-4-8(12)9(13)10(14)11(7)16/h2-4,6H,5,15H2,1H3/t6-/m1/s1. The molecule has 5 heteroatoms. The van der Waals surface area contributed by atoms with Gasteiger partial charge in [-0.3, -0.25) is 0 Å². The van der Waals surface area contributed by atoms with Gasteiger partial charge in [0.1, 0.15) is 0 Å². The van der Waals surface area contributed by atoms with E-state index in [1.165, 1.54) is 6.07 Å². The molecule has 1 aromatic heterocycles. The zero-order chi connectivity index (χ0) is 11.9. The first kappa shape index (κ1) is 11.4. The van der Waals surface area contributed by atoms with E-state index in [2.05, 4.69) is 0 Å². The molecule has 0 bridgehead atoms. The first-order chi connectivity index (χ1) is 7.56. The molecule has 2 N–H and O–H groups in total. The van der Waals surface area contributed by atoms with Crippen LogP contribution in [0.3, 0.4) is 0 Å². The maximum Gasteiger partial charge on any atom is 0.184 e. The minimum Gasteiger partial charge on any atom is -0.341 e. The van der Waals surface area contributed by atoms with Gasteiger partial charge in [0.2, 0.25) is 0 Å². The third kappa shape index (κ3) is 1.58. The van der Waals surface area contributed by atoms with Gasteiger partial charge in [0.15, 0.2) is 11.6 Å². The van der Waals surface area contributed by atoms with E-state index in [1.54, 1.807) is 16.8 Å². The molecular formula is C11H11ClF2N2. The Bertz CT molecular complexity index is 536. The van der Waals surface area contributed by atoms with Gasteiger partial charge in [0.05, 0.1) is 10.5 Å². The van der Waals surface area contributed by atoms with Crippen LogP contribution < -0.4 is 5.73 Å². The highest BCUT2D eigenvalue weighted by Gasteiger charge is 2.17. The van der Waals surface area contributed by atoms with Crippen LogP contribution in [-0.2, 0) is 0 Å². The quantitative estimate of drug-likeness (QED) is 0.809. The molecule has 0 aliphatic carbocycles. The third-order valence-corrected chi connectivity index (χ3v) is 2.93. The Hall–Kier alpha value is -1.13. The first-order valence-electron chi connectivity index (χ1n) is 4.90. The van der Waals surface area contributed by atoms with Crippen LogP contribution in [0.4, 0.5) is 8.78 Å². The van der Waals surface area contributed by atoms with Crippen molar-refractivity contribution in [3.05, 3.63) is 35.0 Å². The molecule has 1 aromatic carbocycles. The van der Waals surface area contributed by atoms with Crippen molar-refractivity contribution in [1.29, 1.82) is 0 Å². The van der Waals surface area contributed by atoms with E-state index in [1.807, 2.05) is 6.92 Å². The van der Waals surface area contributed by atoms with E-state index >= 15 is 0 Å². The van der Waals surface area contributed by atoms with Gasteiger partial charge >= 0.3 is 0 Å². The van der Waals surface area contributed by atoms with Crippen molar-refractivity contribution in [1.82, 2.24) is 4.57 Å². The molecule has 0 saturated carbocycles. The number of nitrogens with two attached hydrogens (primary N) is 1. The molecule has 0 unspecified atom stereocenters. The summed E-state index contributed by atoms with van der Waals surface area (Å²) in [4.78, 5) is 0. The number of rotatable bonds is 2. The first-order valence-corrected chi connectivity index (χ1v) is 5.28.